The molecule has 1 aromatic carbocycles. The van der Waals surface area contributed by atoms with Crippen molar-refractivity contribution in [2.75, 3.05) is 0 Å². The van der Waals surface area contributed by atoms with Crippen LogP contribution in [0.3, 0.4) is 0 Å². The molecule has 76 valence electrons. The van der Waals surface area contributed by atoms with Crippen molar-refractivity contribution in [2.45, 2.75) is 18.9 Å². The number of esters is 1. The number of nitrogens with zero attached hydrogens (tertiary/aromatic N) is 1. The molecule has 0 bridgehead atoms. The Labute approximate surface area is 92.2 Å². The van der Waals surface area contributed by atoms with Gasteiger partial charge in [-0.25, -0.2) is 4.79 Å². The summed E-state index contributed by atoms with van der Waals surface area (Å²) in [6.45, 7) is 1.59. The largest absolute Gasteiger partial charge is 0.440 e. The van der Waals surface area contributed by atoms with Crippen molar-refractivity contribution in [3.63, 3.8) is 0 Å². The van der Waals surface area contributed by atoms with Crippen LogP contribution in [0.5, 0.6) is 0 Å². The summed E-state index contributed by atoms with van der Waals surface area (Å²) in [7, 11) is 0. The van der Waals surface area contributed by atoms with Crippen LogP contribution in [0.1, 0.15) is 22.8 Å². The van der Waals surface area contributed by atoms with Gasteiger partial charge in [-0.05, 0) is 18.6 Å². The van der Waals surface area contributed by atoms with Crippen LogP contribution in [0, 0.1) is 11.3 Å². The molecule has 3 nitrogen and oxygen atoms in total. The van der Waals surface area contributed by atoms with Crippen molar-refractivity contribution in [1.82, 2.24) is 0 Å². The Morgan fingerprint density at radius 3 is 3.00 bits per heavy atom. The first-order chi connectivity index (χ1) is 7.06. The smallest absolute Gasteiger partial charge is 0.341 e. The number of carbonyl (C=O) groups is 1. The van der Waals surface area contributed by atoms with E-state index in [1.165, 1.54) is 0 Å². The van der Waals surface area contributed by atoms with Crippen LogP contribution < -0.4 is 0 Å². The molecule has 4 heteroatoms. The van der Waals surface area contributed by atoms with Gasteiger partial charge in [0.25, 0.3) is 0 Å². The number of hydrogen-bond donors (Lipinski definition) is 0. The normalized spacial score (nSPS) is 23.9. The third-order valence-electron chi connectivity index (χ3n) is 2.39. The first kappa shape index (κ1) is 10.0. The molecule has 0 saturated heterocycles. The molecule has 0 saturated carbocycles. The molecule has 1 aliphatic heterocycles. The highest BCUT2D eigenvalue weighted by molar-refractivity contribution is 6.33. The van der Waals surface area contributed by atoms with Crippen molar-refractivity contribution in [1.29, 1.82) is 5.26 Å². The highest BCUT2D eigenvalue weighted by Gasteiger charge is 2.37. The van der Waals surface area contributed by atoms with E-state index < -0.39 is 11.6 Å². The number of carbonyl (C=O) groups excluding carboxylic acids is 1. The maximum Gasteiger partial charge on any atom is 0.341 e. The molecule has 1 unspecified atom stereocenters. The van der Waals surface area contributed by atoms with Gasteiger partial charge in [0.2, 0.25) is 0 Å². The van der Waals surface area contributed by atoms with E-state index in [4.69, 9.17) is 21.6 Å². The minimum atomic E-state index is -1.07. The molecule has 0 radical (unpaired) electrons. The van der Waals surface area contributed by atoms with Gasteiger partial charge >= 0.3 is 5.97 Å². The fourth-order valence-electron chi connectivity index (χ4n) is 1.66. The van der Waals surface area contributed by atoms with Gasteiger partial charge in [-0.2, -0.15) is 5.26 Å². The monoisotopic (exact) mass is 221 g/mol. The summed E-state index contributed by atoms with van der Waals surface area (Å²) in [6.07, 6.45) is 0.380. The minimum Gasteiger partial charge on any atom is -0.440 e. The van der Waals surface area contributed by atoms with Crippen LogP contribution in [0.2, 0.25) is 5.02 Å². The van der Waals surface area contributed by atoms with E-state index in [1.54, 1.807) is 25.1 Å². The van der Waals surface area contributed by atoms with Crippen molar-refractivity contribution >= 4 is 17.6 Å². The Hall–Kier alpha value is -1.53. The SMILES string of the molecule is CC1(C#N)Cc2cccc(Cl)c2C(=O)O1. The molecule has 0 aromatic heterocycles. The highest BCUT2D eigenvalue weighted by Crippen LogP contribution is 2.31. The molecule has 1 heterocycles. The summed E-state index contributed by atoms with van der Waals surface area (Å²) >= 11 is 5.89. The highest BCUT2D eigenvalue weighted by atomic mass is 35.5. The van der Waals surface area contributed by atoms with Gasteiger partial charge in [0, 0.05) is 6.42 Å². The summed E-state index contributed by atoms with van der Waals surface area (Å²) in [4.78, 5) is 11.6. The van der Waals surface area contributed by atoms with Gasteiger partial charge < -0.3 is 4.74 Å². The van der Waals surface area contributed by atoms with Crippen molar-refractivity contribution in [3.05, 3.63) is 34.3 Å². The molecule has 1 aliphatic rings. The van der Waals surface area contributed by atoms with E-state index >= 15 is 0 Å². The lowest BCUT2D eigenvalue weighted by atomic mass is 9.91. The maximum absolute atomic E-state index is 11.6. The van der Waals surface area contributed by atoms with Crippen LogP contribution in [0.15, 0.2) is 18.2 Å². The summed E-state index contributed by atoms with van der Waals surface area (Å²) in [5, 5.41) is 9.28. The van der Waals surface area contributed by atoms with E-state index in [0.29, 0.717) is 17.0 Å². The van der Waals surface area contributed by atoms with Gasteiger partial charge in [0.15, 0.2) is 5.60 Å². The molecule has 15 heavy (non-hydrogen) atoms. The quantitative estimate of drug-likeness (QED) is 0.632. The van der Waals surface area contributed by atoms with E-state index in [2.05, 4.69) is 0 Å². The van der Waals surface area contributed by atoms with E-state index in [-0.39, 0.29) is 0 Å². The number of halogens is 1. The van der Waals surface area contributed by atoms with Gasteiger partial charge in [-0.3, -0.25) is 0 Å². The zero-order valence-corrected chi connectivity index (χ0v) is 8.84. The third-order valence-corrected chi connectivity index (χ3v) is 2.70. The number of hydrogen-bond acceptors (Lipinski definition) is 3. The Kier molecular flexibility index (Phi) is 2.17. The molecule has 2 rings (SSSR count). The van der Waals surface area contributed by atoms with Gasteiger partial charge in [-0.15, -0.1) is 0 Å². The Balaban J connectivity index is 2.56. The van der Waals surface area contributed by atoms with E-state index in [9.17, 15) is 4.79 Å². The number of nitriles is 1. The predicted octanol–water partition coefficient (Wildman–Crippen LogP) is 2.34. The summed E-state index contributed by atoms with van der Waals surface area (Å²) in [5.41, 5.74) is 0.0732. The van der Waals surface area contributed by atoms with E-state index in [1.807, 2.05) is 6.07 Å². The van der Waals surface area contributed by atoms with Crippen LogP contribution in [0.4, 0.5) is 0 Å². The molecule has 0 fully saturated rings. The molecule has 0 spiro atoms. The molecule has 1 atom stereocenters. The van der Waals surface area contributed by atoms with Crippen LogP contribution in [0.25, 0.3) is 0 Å². The van der Waals surface area contributed by atoms with Gasteiger partial charge in [0.05, 0.1) is 10.6 Å². The maximum atomic E-state index is 11.6. The zero-order chi connectivity index (χ0) is 11.1. The first-order valence-corrected chi connectivity index (χ1v) is 4.85. The van der Waals surface area contributed by atoms with Gasteiger partial charge in [0.1, 0.15) is 6.07 Å². The Morgan fingerprint density at radius 2 is 2.33 bits per heavy atom. The van der Waals surface area contributed by atoms with Gasteiger partial charge in [-0.1, -0.05) is 23.7 Å². The Bertz CT molecular complexity index is 478. The minimum absolute atomic E-state index is 0.373. The standard InChI is InChI=1S/C11H8ClNO2/c1-11(6-13)5-7-3-2-4-8(12)9(7)10(14)15-11/h2-4H,5H2,1H3. The third kappa shape index (κ3) is 1.57. The fraction of sp³-hybridized carbons (Fsp3) is 0.273. The van der Waals surface area contributed by atoms with Crippen molar-refractivity contribution < 1.29 is 9.53 Å². The number of cyclic esters (lactones) is 1. The average molecular weight is 222 g/mol. The Morgan fingerprint density at radius 1 is 1.60 bits per heavy atom. The van der Waals surface area contributed by atoms with Crippen molar-refractivity contribution in [2.24, 2.45) is 0 Å². The molecule has 0 amide bonds. The second-order valence-electron chi connectivity index (χ2n) is 3.68. The second kappa shape index (κ2) is 3.25. The molecule has 1 aromatic rings. The zero-order valence-electron chi connectivity index (χ0n) is 8.08. The lowest BCUT2D eigenvalue weighted by Gasteiger charge is -2.28. The lowest BCUT2D eigenvalue weighted by molar-refractivity contribution is 0.00854. The predicted molar refractivity (Wildman–Crippen MR) is 54.6 cm³/mol. The average Bonchev–Trinajstić information content (AvgIpc) is 2.17. The van der Waals surface area contributed by atoms with E-state index in [0.717, 1.165) is 5.56 Å². The number of ether oxygens (including phenoxy) is 1. The molecular formula is C11H8ClNO2. The molecule has 0 N–H and O–H groups in total. The number of rotatable bonds is 0. The molecular weight excluding hydrogens is 214 g/mol. The number of fused-ring (bicyclic) bond motifs is 1. The lowest BCUT2D eigenvalue weighted by Crippen LogP contribution is -2.37. The summed E-state index contributed by atoms with van der Waals surface area (Å²) < 4.78 is 5.05. The van der Waals surface area contributed by atoms with Crippen LogP contribution in [-0.4, -0.2) is 11.6 Å². The van der Waals surface area contributed by atoms with Crippen LogP contribution >= 0.6 is 11.6 Å². The second-order valence-corrected chi connectivity index (χ2v) is 4.09. The van der Waals surface area contributed by atoms with Crippen LogP contribution in [-0.2, 0) is 11.2 Å². The van der Waals surface area contributed by atoms with Crippen molar-refractivity contribution in [3.8, 4) is 6.07 Å². The topological polar surface area (TPSA) is 50.1 Å². The molecule has 0 aliphatic carbocycles. The summed E-state index contributed by atoms with van der Waals surface area (Å²) in [6, 6.07) is 7.17. The fourth-order valence-corrected chi connectivity index (χ4v) is 1.93. The number of benzene rings is 1. The first-order valence-electron chi connectivity index (χ1n) is 4.48. The summed E-state index contributed by atoms with van der Waals surface area (Å²) in [5.74, 6) is -0.522.